The van der Waals surface area contributed by atoms with Gasteiger partial charge in [0.15, 0.2) is 0 Å². The minimum absolute atomic E-state index is 0.366. The summed E-state index contributed by atoms with van der Waals surface area (Å²) in [5.41, 5.74) is 2.74. The van der Waals surface area contributed by atoms with E-state index in [1.807, 2.05) is 25.0 Å². The van der Waals surface area contributed by atoms with Gasteiger partial charge in [0, 0.05) is 13.2 Å². The van der Waals surface area contributed by atoms with Gasteiger partial charge in [0.25, 0.3) is 0 Å². The van der Waals surface area contributed by atoms with Crippen LogP contribution in [0.15, 0.2) is 23.9 Å². The topological polar surface area (TPSA) is 29.9 Å². The lowest BCUT2D eigenvalue weighted by atomic mass is 9.93. The molecule has 0 saturated carbocycles. The van der Waals surface area contributed by atoms with Crippen LogP contribution in [0.2, 0.25) is 0 Å². The van der Waals surface area contributed by atoms with Crippen molar-refractivity contribution in [1.29, 1.82) is 0 Å². The highest BCUT2D eigenvalue weighted by atomic mass is 15.3. The molecule has 0 aromatic carbocycles. The summed E-state index contributed by atoms with van der Waals surface area (Å²) in [5, 5.41) is 7.84. The first-order valence-electron chi connectivity index (χ1n) is 6.14. The quantitative estimate of drug-likeness (QED) is 0.789. The molecule has 1 aliphatic rings. The first-order valence-corrected chi connectivity index (χ1v) is 6.14. The summed E-state index contributed by atoms with van der Waals surface area (Å²) in [4.78, 5) is 0. The lowest BCUT2D eigenvalue weighted by molar-refractivity contribution is 0.538. The zero-order chi connectivity index (χ0) is 11.4. The van der Waals surface area contributed by atoms with E-state index in [-0.39, 0.29) is 0 Å². The van der Waals surface area contributed by atoms with Crippen LogP contribution in [0.5, 0.6) is 0 Å². The minimum atomic E-state index is 0.366. The van der Waals surface area contributed by atoms with Crippen LogP contribution in [-0.2, 0) is 7.05 Å². The van der Waals surface area contributed by atoms with Gasteiger partial charge in [-0.05, 0) is 45.2 Å². The molecule has 0 amide bonds. The van der Waals surface area contributed by atoms with Gasteiger partial charge < -0.3 is 5.32 Å². The standard InChI is InChI=1S/C13H21N3/c1-14-13(12-8-9-16(2)15-12)10-11-6-4-3-5-7-11/h6,8-9,13-14H,3-5,7,10H2,1-2H3. The Hall–Kier alpha value is -1.09. The smallest absolute Gasteiger partial charge is 0.0797 e. The van der Waals surface area contributed by atoms with Gasteiger partial charge in [-0.1, -0.05) is 11.6 Å². The number of hydrogen-bond acceptors (Lipinski definition) is 2. The summed E-state index contributed by atoms with van der Waals surface area (Å²) in [7, 11) is 3.98. The number of hydrogen-bond donors (Lipinski definition) is 1. The largest absolute Gasteiger partial charge is 0.311 e. The van der Waals surface area contributed by atoms with Crippen LogP contribution in [0.3, 0.4) is 0 Å². The normalized spacial score (nSPS) is 18.2. The van der Waals surface area contributed by atoms with Gasteiger partial charge in [0.2, 0.25) is 0 Å². The molecule has 3 nitrogen and oxygen atoms in total. The fourth-order valence-corrected chi connectivity index (χ4v) is 2.33. The van der Waals surface area contributed by atoms with Gasteiger partial charge in [-0.15, -0.1) is 0 Å². The van der Waals surface area contributed by atoms with E-state index in [4.69, 9.17) is 0 Å². The molecule has 0 spiro atoms. The van der Waals surface area contributed by atoms with E-state index in [2.05, 4.69) is 22.6 Å². The van der Waals surface area contributed by atoms with E-state index in [0.29, 0.717) is 6.04 Å². The Morgan fingerprint density at radius 1 is 1.50 bits per heavy atom. The van der Waals surface area contributed by atoms with Crippen molar-refractivity contribution in [2.45, 2.75) is 38.1 Å². The number of nitrogens with zero attached hydrogens (tertiary/aromatic N) is 2. The van der Waals surface area contributed by atoms with Crippen molar-refractivity contribution in [2.75, 3.05) is 7.05 Å². The third kappa shape index (κ3) is 2.73. The molecule has 0 fully saturated rings. The Balaban J connectivity index is 2.02. The van der Waals surface area contributed by atoms with Crippen LogP contribution < -0.4 is 5.32 Å². The highest BCUT2D eigenvalue weighted by Gasteiger charge is 2.15. The van der Waals surface area contributed by atoms with Crippen molar-refractivity contribution >= 4 is 0 Å². The Labute approximate surface area is 97.5 Å². The Morgan fingerprint density at radius 3 is 2.94 bits per heavy atom. The fraction of sp³-hybridized carbons (Fsp3) is 0.615. The predicted molar refractivity (Wildman–Crippen MR) is 66.2 cm³/mol. The molecule has 1 aliphatic carbocycles. The summed E-state index contributed by atoms with van der Waals surface area (Å²) in [6, 6.07) is 2.47. The van der Waals surface area contributed by atoms with E-state index >= 15 is 0 Å². The van der Waals surface area contributed by atoms with E-state index < -0.39 is 0 Å². The van der Waals surface area contributed by atoms with Gasteiger partial charge in [-0.3, -0.25) is 4.68 Å². The van der Waals surface area contributed by atoms with Gasteiger partial charge in [0.1, 0.15) is 0 Å². The second kappa shape index (κ2) is 5.30. The van der Waals surface area contributed by atoms with Crippen molar-refractivity contribution in [3.63, 3.8) is 0 Å². The second-order valence-electron chi connectivity index (χ2n) is 4.57. The molecule has 0 aliphatic heterocycles. The van der Waals surface area contributed by atoms with Crippen LogP contribution >= 0.6 is 0 Å². The van der Waals surface area contributed by atoms with Gasteiger partial charge in [-0.25, -0.2) is 0 Å². The van der Waals surface area contributed by atoms with Crippen LogP contribution in [0.1, 0.15) is 43.8 Å². The second-order valence-corrected chi connectivity index (χ2v) is 4.57. The van der Waals surface area contributed by atoms with Gasteiger partial charge >= 0.3 is 0 Å². The van der Waals surface area contributed by atoms with Crippen molar-refractivity contribution in [3.05, 3.63) is 29.6 Å². The molecular formula is C13H21N3. The van der Waals surface area contributed by atoms with Crippen LogP contribution in [0.4, 0.5) is 0 Å². The summed E-state index contributed by atoms with van der Waals surface area (Å²) in [6.45, 7) is 0. The molecule has 1 heterocycles. The van der Waals surface area contributed by atoms with E-state index in [9.17, 15) is 0 Å². The molecule has 16 heavy (non-hydrogen) atoms. The lowest BCUT2D eigenvalue weighted by Gasteiger charge is -2.18. The SMILES string of the molecule is CNC(CC1=CCCCC1)c1ccn(C)n1. The molecule has 1 atom stereocenters. The highest BCUT2D eigenvalue weighted by Crippen LogP contribution is 2.26. The zero-order valence-corrected chi connectivity index (χ0v) is 10.2. The van der Waals surface area contributed by atoms with Crippen LogP contribution in [0, 0.1) is 0 Å². The van der Waals surface area contributed by atoms with E-state index in [0.717, 1.165) is 12.1 Å². The number of rotatable bonds is 4. The molecule has 1 aromatic heterocycles. The van der Waals surface area contributed by atoms with Crippen molar-refractivity contribution in [1.82, 2.24) is 15.1 Å². The third-order valence-corrected chi connectivity index (χ3v) is 3.29. The fourth-order valence-electron chi connectivity index (χ4n) is 2.33. The first kappa shape index (κ1) is 11.4. The molecule has 1 N–H and O–H groups in total. The maximum Gasteiger partial charge on any atom is 0.0797 e. The molecule has 3 heteroatoms. The molecule has 88 valence electrons. The van der Waals surface area contributed by atoms with Gasteiger partial charge in [-0.2, -0.15) is 5.10 Å². The van der Waals surface area contributed by atoms with Crippen LogP contribution in [0.25, 0.3) is 0 Å². The predicted octanol–water partition coefficient (Wildman–Crippen LogP) is 2.57. The average molecular weight is 219 g/mol. The number of allylic oxidation sites excluding steroid dienone is 1. The average Bonchev–Trinajstić information content (AvgIpc) is 2.74. The molecule has 0 bridgehead atoms. The Bertz CT molecular complexity index is 365. The molecule has 0 saturated heterocycles. The first-order chi connectivity index (χ1) is 7.79. The molecular weight excluding hydrogens is 198 g/mol. The molecule has 0 radical (unpaired) electrons. The van der Waals surface area contributed by atoms with E-state index in [1.54, 1.807) is 5.57 Å². The summed E-state index contributed by atoms with van der Waals surface area (Å²) in [6.07, 6.45) is 10.8. The van der Waals surface area contributed by atoms with Crippen LogP contribution in [-0.4, -0.2) is 16.8 Å². The zero-order valence-electron chi connectivity index (χ0n) is 10.2. The number of aryl methyl sites for hydroxylation is 1. The van der Waals surface area contributed by atoms with Crippen molar-refractivity contribution in [2.24, 2.45) is 7.05 Å². The maximum absolute atomic E-state index is 4.47. The Kier molecular flexibility index (Phi) is 3.78. The molecule has 1 unspecified atom stereocenters. The summed E-state index contributed by atoms with van der Waals surface area (Å²) < 4.78 is 1.87. The Morgan fingerprint density at radius 2 is 2.38 bits per heavy atom. The third-order valence-electron chi connectivity index (χ3n) is 3.29. The van der Waals surface area contributed by atoms with Gasteiger partial charge in [0.05, 0.1) is 11.7 Å². The highest BCUT2D eigenvalue weighted by molar-refractivity contribution is 5.13. The maximum atomic E-state index is 4.47. The summed E-state index contributed by atoms with van der Waals surface area (Å²) >= 11 is 0. The monoisotopic (exact) mass is 219 g/mol. The van der Waals surface area contributed by atoms with E-state index in [1.165, 1.54) is 25.7 Å². The molecule has 2 rings (SSSR count). The lowest BCUT2D eigenvalue weighted by Crippen LogP contribution is -2.18. The number of nitrogens with one attached hydrogen (secondary N) is 1. The summed E-state index contributed by atoms with van der Waals surface area (Å²) in [5.74, 6) is 0. The molecule has 1 aromatic rings. The van der Waals surface area contributed by atoms with Crippen molar-refractivity contribution < 1.29 is 0 Å². The minimum Gasteiger partial charge on any atom is -0.311 e. The number of aromatic nitrogens is 2. The van der Waals surface area contributed by atoms with Crippen molar-refractivity contribution in [3.8, 4) is 0 Å².